The maximum Gasteiger partial charge on any atom is 0.160 e. The van der Waals surface area contributed by atoms with Crippen LogP contribution in [0.3, 0.4) is 0 Å². The Bertz CT molecular complexity index is 507. The summed E-state index contributed by atoms with van der Waals surface area (Å²) in [6.07, 6.45) is 6.20. The van der Waals surface area contributed by atoms with Gasteiger partial charge in [-0.25, -0.2) is 8.42 Å². The molecule has 0 bridgehead atoms. The first-order valence-corrected chi connectivity index (χ1v) is 8.58. The first kappa shape index (κ1) is 12.2. The summed E-state index contributed by atoms with van der Waals surface area (Å²) in [5, 5.41) is -0.316. The van der Waals surface area contributed by atoms with E-state index in [9.17, 15) is 8.42 Å². The summed E-state index contributed by atoms with van der Waals surface area (Å²) in [5.41, 5.74) is 0.988. The third-order valence-corrected chi connectivity index (χ3v) is 7.39. The molecule has 0 spiro atoms. The van der Waals surface area contributed by atoms with E-state index in [1.54, 1.807) is 0 Å². The Balaban J connectivity index is 1.94. The van der Waals surface area contributed by atoms with Gasteiger partial charge in [0.25, 0.3) is 0 Å². The lowest BCUT2D eigenvalue weighted by Gasteiger charge is -2.39. The third kappa shape index (κ3) is 1.99. The van der Waals surface area contributed by atoms with Gasteiger partial charge in [0.1, 0.15) is 0 Å². The first-order chi connectivity index (χ1) is 8.69. The second-order valence-electron chi connectivity index (χ2n) is 5.65. The molecule has 2 aliphatic rings. The van der Waals surface area contributed by atoms with Crippen LogP contribution in [0.5, 0.6) is 0 Å². The molecular formula is C15H20O2S. The minimum Gasteiger partial charge on any atom is -0.228 e. The smallest absolute Gasteiger partial charge is 0.160 e. The summed E-state index contributed by atoms with van der Waals surface area (Å²) in [6.45, 7) is 0. The molecule has 0 N–H and O–H groups in total. The van der Waals surface area contributed by atoms with Crippen molar-refractivity contribution in [2.75, 3.05) is 0 Å². The summed E-state index contributed by atoms with van der Waals surface area (Å²) in [5.74, 6) is 0.434. The van der Waals surface area contributed by atoms with E-state index < -0.39 is 9.84 Å². The van der Waals surface area contributed by atoms with E-state index in [1.807, 2.05) is 30.3 Å². The molecule has 2 nitrogen and oxygen atoms in total. The summed E-state index contributed by atoms with van der Waals surface area (Å²) in [4.78, 5) is 0. The molecule has 98 valence electrons. The number of benzene rings is 1. The van der Waals surface area contributed by atoms with Gasteiger partial charge < -0.3 is 0 Å². The molecule has 1 aromatic rings. The Morgan fingerprint density at radius 2 is 1.61 bits per heavy atom. The van der Waals surface area contributed by atoms with Crippen LogP contribution < -0.4 is 0 Å². The standard InChI is InChI=1S/C15H20O2S/c16-18(17)14-9-5-4-8-13(14)10-11-15(18)12-6-2-1-3-7-12/h1-3,6-7,13-15H,4-5,8-11H2. The van der Waals surface area contributed by atoms with E-state index in [1.165, 1.54) is 6.42 Å². The lowest BCUT2D eigenvalue weighted by atomic mass is 9.84. The van der Waals surface area contributed by atoms with Gasteiger partial charge in [-0.1, -0.05) is 43.2 Å². The highest BCUT2D eigenvalue weighted by Gasteiger charge is 2.44. The van der Waals surface area contributed by atoms with Crippen LogP contribution in [0.25, 0.3) is 0 Å². The molecule has 1 heterocycles. The van der Waals surface area contributed by atoms with Crippen molar-refractivity contribution < 1.29 is 8.42 Å². The predicted molar refractivity (Wildman–Crippen MR) is 73.1 cm³/mol. The zero-order chi connectivity index (χ0) is 12.6. The van der Waals surface area contributed by atoms with Crippen LogP contribution in [-0.2, 0) is 9.84 Å². The molecule has 3 unspecified atom stereocenters. The Hall–Kier alpha value is -0.830. The highest BCUT2D eigenvalue weighted by molar-refractivity contribution is 7.92. The van der Waals surface area contributed by atoms with Crippen LogP contribution in [0, 0.1) is 5.92 Å². The first-order valence-electron chi connectivity index (χ1n) is 6.97. The monoisotopic (exact) mass is 264 g/mol. The third-order valence-electron chi connectivity index (χ3n) is 4.63. The van der Waals surface area contributed by atoms with Crippen LogP contribution >= 0.6 is 0 Å². The van der Waals surface area contributed by atoms with E-state index >= 15 is 0 Å². The van der Waals surface area contributed by atoms with E-state index in [0.29, 0.717) is 5.92 Å². The fraction of sp³-hybridized carbons (Fsp3) is 0.600. The molecule has 1 aromatic carbocycles. The minimum atomic E-state index is -2.98. The molecule has 1 aliphatic carbocycles. The van der Waals surface area contributed by atoms with Crippen molar-refractivity contribution in [3.8, 4) is 0 Å². The Labute approximate surface area is 109 Å². The van der Waals surface area contributed by atoms with Crippen molar-refractivity contribution in [3.05, 3.63) is 35.9 Å². The maximum atomic E-state index is 12.7. The quantitative estimate of drug-likeness (QED) is 0.778. The van der Waals surface area contributed by atoms with Crippen LogP contribution in [0.4, 0.5) is 0 Å². The van der Waals surface area contributed by atoms with Gasteiger partial charge in [0, 0.05) is 0 Å². The van der Waals surface area contributed by atoms with Crippen LogP contribution in [0.1, 0.15) is 49.3 Å². The molecule has 3 atom stereocenters. The fourth-order valence-corrected chi connectivity index (χ4v) is 6.43. The van der Waals surface area contributed by atoms with Crippen molar-refractivity contribution in [2.24, 2.45) is 5.92 Å². The van der Waals surface area contributed by atoms with Gasteiger partial charge in [-0.15, -0.1) is 0 Å². The molecule has 0 aromatic heterocycles. The van der Waals surface area contributed by atoms with Gasteiger partial charge in [-0.3, -0.25) is 0 Å². The molecular weight excluding hydrogens is 244 g/mol. The molecule has 1 saturated carbocycles. The lowest BCUT2D eigenvalue weighted by molar-refractivity contribution is 0.310. The molecule has 1 aliphatic heterocycles. The van der Waals surface area contributed by atoms with Gasteiger partial charge >= 0.3 is 0 Å². The van der Waals surface area contributed by atoms with E-state index in [4.69, 9.17) is 0 Å². The number of fused-ring (bicyclic) bond motifs is 1. The van der Waals surface area contributed by atoms with Crippen molar-refractivity contribution >= 4 is 9.84 Å². The summed E-state index contributed by atoms with van der Waals surface area (Å²) in [7, 11) is -2.98. The lowest BCUT2D eigenvalue weighted by Crippen LogP contribution is -2.40. The van der Waals surface area contributed by atoms with Crippen molar-refractivity contribution in [3.63, 3.8) is 0 Å². The van der Waals surface area contributed by atoms with Crippen LogP contribution in [-0.4, -0.2) is 13.7 Å². The summed E-state index contributed by atoms with van der Waals surface area (Å²) >= 11 is 0. The topological polar surface area (TPSA) is 34.1 Å². The van der Waals surface area contributed by atoms with Crippen LogP contribution in [0.2, 0.25) is 0 Å². The largest absolute Gasteiger partial charge is 0.228 e. The molecule has 2 fully saturated rings. The van der Waals surface area contributed by atoms with E-state index in [-0.39, 0.29) is 10.5 Å². The van der Waals surface area contributed by atoms with Gasteiger partial charge in [-0.05, 0) is 37.2 Å². The normalized spacial score (nSPS) is 34.8. The Morgan fingerprint density at radius 1 is 0.889 bits per heavy atom. The van der Waals surface area contributed by atoms with Gasteiger partial charge in [0.15, 0.2) is 9.84 Å². The van der Waals surface area contributed by atoms with Crippen molar-refractivity contribution in [1.29, 1.82) is 0 Å². The molecule has 3 rings (SSSR count). The Kier molecular flexibility index (Phi) is 3.18. The second-order valence-corrected chi connectivity index (χ2v) is 8.00. The minimum absolute atomic E-state index is 0.0646. The van der Waals surface area contributed by atoms with Gasteiger partial charge in [-0.2, -0.15) is 0 Å². The van der Waals surface area contributed by atoms with Gasteiger partial charge in [0.05, 0.1) is 10.5 Å². The summed E-state index contributed by atoms with van der Waals surface area (Å²) < 4.78 is 25.5. The highest BCUT2D eigenvalue weighted by Crippen LogP contribution is 2.45. The summed E-state index contributed by atoms with van der Waals surface area (Å²) in [6, 6.07) is 9.76. The second kappa shape index (κ2) is 4.69. The average Bonchev–Trinajstić information content (AvgIpc) is 2.40. The number of hydrogen-bond acceptors (Lipinski definition) is 2. The number of sulfone groups is 1. The van der Waals surface area contributed by atoms with Crippen molar-refractivity contribution in [1.82, 2.24) is 0 Å². The average molecular weight is 264 g/mol. The zero-order valence-electron chi connectivity index (χ0n) is 10.6. The highest BCUT2D eigenvalue weighted by atomic mass is 32.2. The maximum absolute atomic E-state index is 12.7. The molecule has 0 amide bonds. The number of rotatable bonds is 1. The SMILES string of the molecule is O=S1(=O)C(c2ccccc2)CCC2CCCCC21. The van der Waals surface area contributed by atoms with E-state index in [0.717, 1.165) is 37.7 Å². The fourth-order valence-electron chi connectivity index (χ4n) is 3.70. The molecule has 3 heteroatoms. The molecule has 1 saturated heterocycles. The number of hydrogen-bond donors (Lipinski definition) is 0. The Morgan fingerprint density at radius 3 is 2.39 bits per heavy atom. The van der Waals surface area contributed by atoms with E-state index in [2.05, 4.69) is 0 Å². The van der Waals surface area contributed by atoms with Crippen molar-refractivity contribution in [2.45, 2.75) is 49.0 Å². The zero-order valence-corrected chi connectivity index (χ0v) is 11.4. The molecule has 18 heavy (non-hydrogen) atoms. The van der Waals surface area contributed by atoms with Crippen LogP contribution in [0.15, 0.2) is 30.3 Å². The molecule has 0 radical (unpaired) electrons. The van der Waals surface area contributed by atoms with Gasteiger partial charge in [0.2, 0.25) is 0 Å². The predicted octanol–water partition coefficient (Wildman–Crippen LogP) is 3.50.